The van der Waals surface area contributed by atoms with E-state index < -0.39 is 5.41 Å². The van der Waals surface area contributed by atoms with Crippen LogP contribution in [0.3, 0.4) is 0 Å². The second kappa shape index (κ2) is 4.79. The standard InChI is InChI=1S/C15H21N3O4/c1-14(2,12(19)21-3)11-8-18(17-16-11)10-5-6-15(7-9(10)15)13(20)22-4/h8-10H,5-7H2,1-4H3/t9-,10+,15+/m0/s1. The van der Waals surface area contributed by atoms with E-state index in [-0.39, 0.29) is 29.3 Å². The average molecular weight is 307 g/mol. The smallest absolute Gasteiger partial charge is 0.317 e. The SMILES string of the molecule is COC(=O)C(C)(C)c1cn([C@@H]2CC[C@@]3(C(=O)OC)C[C@@H]23)nn1. The molecule has 22 heavy (non-hydrogen) atoms. The van der Waals surface area contributed by atoms with Crippen LogP contribution in [0.15, 0.2) is 6.20 Å². The normalized spacial score (nSPS) is 29.8. The minimum Gasteiger partial charge on any atom is -0.469 e. The first-order valence-electron chi connectivity index (χ1n) is 7.46. The number of fused-ring (bicyclic) bond motifs is 1. The summed E-state index contributed by atoms with van der Waals surface area (Å²) in [6, 6.07) is 0.147. The second-order valence-electron chi connectivity index (χ2n) is 6.76. The molecule has 1 aromatic rings. The van der Waals surface area contributed by atoms with Gasteiger partial charge in [-0.15, -0.1) is 5.10 Å². The molecule has 0 unspecified atom stereocenters. The van der Waals surface area contributed by atoms with Crippen molar-refractivity contribution in [3.8, 4) is 0 Å². The Morgan fingerprint density at radius 3 is 2.68 bits per heavy atom. The monoisotopic (exact) mass is 307 g/mol. The molecule has 0 bridgehead atoms. The third kappa shape index (κ3) is 1.94. The van der Waals surface area contributed by atoms with E-state index in [2.05, 4.69) is 10.3 Å². The summed E-state index contributed by atoms with van der Waals surface area (Å²) >= 11 is 0. The van der Waals surface area contributed by atoms with Crippen molar-refractivity contribution in [1.82, 2.24) is 15.0 Å². The Hall–Kier alpha value is -1.92. The largest absolute Gasteiger partial charge is 0.469 e. The summed E-state index contributed by atoms with van der Waals surface area (Å²) in [4.78, 5) is 23.8. The molecule has 3 rings (SSSR count). The molecule has 1 heterocycles. The third-order valence-corrected chi connectivity index (χ3v) is 5.26. The van der Waals surface area contributed by atoms with Crippen LogP contribution in [0.5, 0.6) is 0 Å². The molecule has 0 aromatic carbocycles. The van der Waals surface area contributed by atoms with Crippen LogP contribution in [0, 0.1) is 11.3 Å². The summed E-state index contributed by atoms with van der Waals surface area (Å²) in [7, 11) is 2.80. The molecule has 120 valence electrons. The molecule has 3 atom stereocenters. The molecular weight excluding hydrogens is 286 g/mol. The Morgan fingerprint density at radius 1 is 1.36 bits per heavy atom. The number of hydrogen-bond acceptors (Lipinski definition) is 6. The van der Waals surface area contributed by atoms with E-state index in [1.807, 2.05) is 0 Å². The van der Waals surface area contributed by atoms with E-state index in [0.29, 0.717) is 5.69 Å². The molecular formula is C15H21N3O4. The third-order valence-electron chi connectivity index (χ3n) is 5.26. The maximum atomic E-state index is 11.9. The summed E-state index contributed by atoms with van der Waals surface area (Å²) in [5.41, 5.74) is -0.576. The van der Waals surface area contributed by atoms with E-state index in [1.165, 1.54) is 14.2 Å². The fraction of sp³-hybridized carbons (Fsp3) is 0.733. The van der Waals surface area contributed by atoms with Crippen LogP contribution in [0.1, 0.15) is 44.8 Å². The quantitative estimate of drug-likeness (QED) is 0.778. The van der Waals surface area contributed by atoms with Gasteiger partial charge in [0.2, 0.25) is 0 Å². The summed E-state index contributed by atoms with van der Waals surface area (Å²) < 4.78 is 11.5. The summed E-state index contributed by atoms with van der Waals surface area (Å²) in [6.45, 7) is 3.52. The highest BCUT2D eigenvalue weighted by Crippen LogP contribution is 2.68. The minimum absolute atomic E-state index is 0.116. The van der Waals surface area contributed by atoms with Gasteiger partial charge in [-0.05, 0) is 39.0 Å². The molecule has 0 amide bonds. The van der Waals surface area contributed by atoms with Crippen LogP contribution < -0.4 is 0 Å². The first-order valence-corrected chi connectivity index (χ1v) is 7.46. The van der Waals surface area contributed by atoms with Gasteiger partial charge in [0.15, 0.2) is 0 Å². The zero-order valence-corrected chi connectivity index (χ0v) is 13.3. The number of rotatable bonds is 4. The highest BCUT2D eigenvalue weighted by molar-refractivity contribution is 5.82. The lowest BCUT2D eigenvalue weighted by atomic mass is 9.90. The maximum Gasteiger partial charge on any atom is 0.317 e. The van der Waals surface area contributed by atoms with Gasteiger partial charge < -0.3 is 9.47 Å². The fourth-order valence-electron chi connectivity index (χ4n) is 3.67. The molecule has 0 spiro atoms. The van der Waals surface area contributed by atoms with Crippen molar-refractivity contribution in [2.45, 2.75) is 44.6 Å². The van der Waals surface area contributed by atoms with Crippen LogP contribution >= 0.6 is 0 Å². The summed E-state index contributed by atoms with van der Waals surface area (Å²) in [5, 5.41) is 8.32. The number of nitrogens with zero attached hydrogens (tertiary/aromatic N) is 3. The predicted molar refractivity (Wildman–Crippen MR) is 75.9 cm³/mol. The lowest BCUT2D eigenvalue weighted by Gasteiger charge is -2.18. The van der Waals surface area contributed by atoms with Gasteiger partial charge in [0, 0.05) is 6.20 Å². The van der Waals surface area contributed by atoms with Gasteiger partial charge in [-0.25, -0.2) is 4.68 Å². The highest BCUT2D eigenvalue weighted by atomic mass is 16.5. The molecule has 0 N–H and O–H groups in total. The first kappa shape index (κ1) is 15.0. The molecule has 2 aliphatic rings. The Kier molecular flexibility index (Phi) is 3.27. The Bertz CT molecular complexity index is 624. The van der Waals surface area contributed by atoms with Gasteiger partial charge in [0.05, 0.1) is 31.4 Å². The van der Waals surface area contributed by atoms with Crippen LogP contribution in [-0.2, 0) is 24.5 Å². The molecule has 0 radical (unpaired) electrons. The van der Waals surface area contributed by atoms with Crippen molar-refractivity contribution in [1.29, 1.82) is 0 Å². The van der Waals surface area contributed by atoms with Crippen molar-refractivity contribution in [2.24, 2.45) is 11.3 Å². The van der Waals surface area contributed by atoms with Gasteiger partial charge in [0.25, 0.3) is 0 Å². The lowest BCUT2D eigenvalue weighted by molar-refractivity contribution is -0.147. The van der Waals surface area contributed by atoms with Crippen molar-refractivity contribution in [2.75, 3.05) is 14.2 Å². The summed E-state index contributed by atoms with van der Waals surface area (Å²) in [6.07, 6.45) is 4.35. The molecule has 0 saturated heterocycles. The fourth-order valence-corrected chi connectivity index (χ4v) is 3.67. The van der Waals surface area contributed by atoms with E-state index in [9.17, 15) is 9.59 Å². The lowest BCUT2D eigenvalue weighted by Crippen LogP contribution is -2.30. The number of aromatic nitrogens is 3. The predicted octanol–water partition coefficient (Wildman–Crippen LogP) is 1.24. The first-order chi connectivity index (χ1) is 10.4. The van der Waals surface area contributed by atoms with E-state index >= 15 is 0 Å². The number of carbonyl (C=O) groups excluding carboxylic acids is 2. The van der Waals surface area contributed by atoms with E-state index in [1.54, 1.807) is 24.7 Å². The maximum absolute atomic E-state index is 11.9. The molecule has 7 heteroatoms. The van der Waals surface area contributed by atoms with Crippen LogP contribution in [0.2, 0.25) is 0 Å². The Labute approximate surface area is 129 Å². The molecule has 2 fully saturated rings. The van der Waals surface area contributed by atoms with Crippen LogP contribution in [0.4, 0.5) is 0 Å². The number of methoxy groups -OCH3 is 2. The Balaban J connectivity index is 1.79. The Morgan fingerprint density at radius 2 is 2.09 bits per heavy atom. The van der Waals surface area contributed by atoms with Gasteiger partial charge in [-0.2, -0.15) is 0 Å². The number of carbonyl (C=O) groups is 2. The average Bonchev–Trinajstić information content (AvgIpc) is 2.90. The van der Waals surface area contributed by atoms with Crippen LogP contribution in [-0.4, -0.2) is 41.2 Å². The van der Waals surface area contributed by atoms with Crippen molar-refractivity contribution in [3.63, 3.8) is 0 Å². The van der Waals surface area contributed by atoms with Crippen molar-refractivity contribution < 1.29 is 19.1 Å². The second-order valence-corrected chi connectivity index (χ2v) is 6.76. The minimum atomic E-state index is -0.839. The van der Waals surface area contributed by atoms with Crippen molar-refractivity contribution >= 4 is 11.9 Å². The van der Waals surface area contributed by atoms with Gasteiger partial charge in [-0.3, -0.25) is 9.59 Å². The number of esters is 2. The summed E-state index contributed by atoms with van der Waals surface area (Å²) in [5.74, 6) is -0.202. The molecule has 7 nitrogen and oxygen atoms in total. The highest BCUT2D eigenvalue weighted by Gasteiger charge is 2.68. The van der Waals surface area contributed by atoms with Gasteiger partial charge in [0.1, 0.15) is 5.41 Å². The zero-order chi connectivity index (χ0) is 16.1. The topological polar surface area (TPSA) is 83.3 Å². The molecule has 0 aliphatic heterocycles. The molecule has 2 aliphatic carbocycles. The van der Waals surface area contributed by atoms with Gasteiger partial charge in [-0.1, -0.05) is 5.21 Å². The van der Waals surface area contributed by atoms with Crippen molar-refractivity contribution in [3.05, 3.63) is 11.9 Å². The van der Waals surface area contributed by atoms with E-state index in [4.69, 9.17) is 9.47 Å². The van der Waals surface area contributed by atoms with Crippen LogP contribution in [0.25, 0.3) is 0 Å². The number of ether oxygens (including phenoxy) is 2. The zero-order valence-electron chi connectivity index (χ0n) is 13.3. The van der Waals surface area contributed by atoms with E-state index in [0.717, 1.165) is 19.3 Å². The molecule has 2 saturated carbocycles. The van der Waals surface area contributed by atoms with Gasteiger partial charge >= 0.3 is 11.9 Å². The number of hydrogen-bond donors (Lipinski definition) is 0. The molecule has 1 aromatic heterocycles.